The molecule has 0 saturated carbocycles. The molecule has 0 bridgehead atoms. The highest BCUT2D eigenvalue weighted by Crippen LogP contribution is 2.21. The van der Waals surface area contributed by atoms with E-state index in [0.29, 0.717) is 18.7 Å². The van der Waals surface area contributed by atoms with Crippen LogP contribution in [0.25, 0.3) is 0 Å². The maximum absolute atomic E-state index is 12.3. The zero-order valence-electron chi connectivity index (χ0n) is 18.5. The number of sulfonamides is 1. The van der Waals surface area contributed by atoms with Crippen molar-refractivity contribution >= 4 is 27.3 Å². The van der Waals surface area contributed by atoms with E-state index in [9.17, 15) is 13.2 Å². The van der Waals surface area contributed by atoms with E-state index in [0.717, 1.165) is 24.2 Å². The maximum Gasteiger partial charge on any atom is 0.232 e. The molecule has 0 spiro atoms. The second-order valence-corrected chi connectivity index (χ2v) is 10.2. The fourth-order valence-corrected chi connectivity index (χ4v) is 4.88. The lowest BCUT2D eigenvalue weighted by atomic mass is 10.1. The van der Waals surface area contributed by atoms with Gasteiger partial charge >= 0.3 is 0 Å². The van der Waals surface area contributed by atoms with E-state index in [1.165, 1.54) is 35.5 Å². The van der Waals surface area contributed by atoms with Gasteiger partial charge in [0, 0.05) is 38.3 Å². The lowest BCUT2D eigenvalue weighted by Gasteiger charge is -2.28. The highest BCUT2D eigenvalue weighted by Gasteiger charge is 2.17. The Labute approximate surface area is 186 Å². The average molecular weight is 444 g/mol. The fourth-order valence-electron chi connectivity index (χ4n) is 3.92. The molecule has 0 radical (unpaired) electrons. The van der Waals surface area contributed by atoms with Gasteiger partial charge in [-0.15, -0.1) is 0 Å². The molecular weight excluding hydrogens is 410 g/mol. The van der Waals surface area contributed by atoms with Crippen LogP contribution in [-0.4, -0.2) is 40.2 Å². The largest absolute Gasteiger partial charge is 0.372 e. The van der Waals surface area contributed by atoms with E-state index < -0.39 is 10.0 Å². The summed E-state index contributed by atoms with van der Waals surface area (Å²) in [6.45, 7) is 4.91. The van der Waals surface area contributed by atoms with Gasteiger partial charge in [-0.2, -0.15) is 0 Å². The number of benzene rings is 2. The van der Waals surface area contributed by atoms with Crippen LogP contribution in [-0.2, 0) is 21.4 Å². The summed E-state index contributed by atoms with van der Waals surface area (Å²) < 4.78 is 25.8. The SMILES string of the molecule is Cc1cccc(N(CCCC(=O)NCc2ccc(N3CCCCC3)cc2)S(C)(=O)=O)c1. The quantitative estimate of drug-likeness (QED) is 0.639. The second kappa shape index (κ2) is 10.7. The van der Waals surface area contributed by atoms with Gasteiger partial charge in [-0.3, -0.25) is 9.10 Å². The summed E-state index contributed by atoms with van der Waals surface area (Å²) in [5.74, 6) is -0.0715. The Morgan fingerprint density at radius 3 is 2.42 bits per heavy atom. The first-order chi connectivity index (χ1) is 14.8. The minimum atomic E-state index is -3.40. The van der Waals surface area contributed by atoms with Crippen LogP contribution in [0.2, 0.25) is 0 Å². The van der Waals surface area contributed by atoms with Crippen molar-refractivity contribution in [3.8, 4) is 0 Å². The molecule has 0 aliphatic carbocycles. The van der Waals surface area contributed by atoms with Crippen molar-refractivity contribution in [2.75, 3.05) is 35.1 Å². The minimum absolute atomic E-state index is 0.0715. The number of hydrogen-bond acceptors (Lipinski definition) is 4. The molecule has 1 aliphatic rings. The van der Waals surface area contributed by atoms with Crippen molar-refractivity contribution in [3.63, 3.8) is 0 Å². The first-order valence-corrected chi connectivity index (χ1v) is 12.8. The Balaban J connectivity index is 1.46. The van der Waals surface area contributed by atoms with Crippen molar-refractivity contribution in [1.82, 2.24) is 5.32 Å². The third-order valence-corrected chi connectivity index (χ3v) is 6.80. The van der Waals surface area contributed by atoms with Crippen molar-refractivity contribution in [1.29, 1.82) is 0 Å². The summed E-state index contributed by atoms with van der Waals surface area (Å²) in [5.41, 5.74) is 3.94. The summed E-state index contributed by atoms with van der Waals surface area (Å²) in [6.07, 6.45) is 5.75. The lowest BCUT2D eigenvalue weighted by molar-refractivity contribution is -0.121. The fraction of sp³-hybridized carbons (Fsp3) is 0.458. The zero-order chi connectivity index (χ0) is 22.3. The summed E-state index contributed by atoms with van der Waals surface area (Å²) in [4.78, 5) is 14.7. The number of carbonyl (C=O) groups excluding carboxylic acids is 1. The van der Waals surface area contributed by atoms with Crippen LogP contribution in [0.4, 0.5) is 11.4 Å². The first kappa shape index (κ1) is 23.1. The summed E-state index contributed by atoms with van der Waals surface area (Å²) >= 11 is 0. The number of aryl methyl sites for hydroxylation is 1. The molecule has 2 aromatic rings. The molecule has 1 saturated heterocycles. The highest BCUT2D eigenvalue weighted by molar-refractivity contribution is 7.92. The van der Waals surface area contributed by atoms with Gasteiger partial charge in [0.1, 0.15) is 0 Å². The molecule has 31 heavy (non-hydrogen) atoms. The van der Waals surface area contributed by atoms with Crippen LogP contribution in [0, 0.1) is 6.92 Å². The molecule has 0 aromatic heterocycles. The summed E-state index contributed by atoms with van der Waals surface area (Å²) in [7, 11) is -3.40. The molecule has 1 amide bonds. The van der Waals surface area contributed by atoms with Gasteiger partial charge in [0.2, 0.25) is 15.9 Å². The van der Waals surface area contributed by atoms with Crippen LogP contribution in [0.3, 0.4) is 0 Å². The molecule has 0 unspecified atom stereocenters. The van der Waals surface area contributed by atoms with Crippen molar-refractivity contribution in [3.05, 3.63) is 59.7 Å². The third kappa shape index (κ3) is 6.99. The van der Waals surface area contributed by atoms with E-state index in [4.69, 9.17) is 0 Å². The van der Waals surface area contributed by atoms with E-state index in [2.05, 4.69) is 34.5 Å². The predicted octanol–water partition coefficient (Wildman–Crippen LogP) is 3.85. The van der Waals surface area contributed by atoms with Crippen LogP contribution in [0.15, 0.2) is 48.5 Å². The molecule has 1 fully saturated rings. The lowest BCUT2D eigenvalue weighted by Crippen LogP contribution is -2.32. The number of rotatable bonds is 9. The number of nitrogens with zero attached hydrogens (tertiary/aromatic N) is 2. The van der Waals surface area contributed by atoms with E-state index in [-0.39, 0.29) is 18.9 Å². The van der Waals surface area contributed by atoms with Gasteiger partial charge < -0.3 is 10.2 Å². The van der Waals surface area contributed by atoms with Crippen LogP contribution >= 0.6 is 0 Å². The van der Waals surface area contributed by atoms with Crippen LogP contribution in [0.5, 0.6) is 0 Å². The molecule has 1 N–H and O–H groups in total. The Bertz CT molecular complexity index is 968. The molecule has 1 heterocycles. The van der Waals surface area contributed by atoms with E-state index >= 15 is 0 Å². The van der Waals surface area contributed by atoms with Gasteiger partial charge in [0.15, 0.2) is 0 Å². The minimum Gasteiger partial charge on any atom is -0.372 e. The summed E-state index contributed by atoms with van der Waals surface area (Å²) in [6, 6.07) is 15.8. The molecule has 1 aliphatic heterocycles. The molecular formula is C24H33N3O3S. The van der Waals surface area contributed by atoms with Crippen molar-refractivity contribution in [2.45, 2.75) is 45.6 Å². The predicted molar refractivity (Wildman–Crippen MR) is 127 cm³/mol. The van der Waals surface area contributed by atoms with Gasteiger partial charge in [-0.05, 0) is 68.0 Å². The number of hydrogen-bond donors (Lipinski definition) is 1. The van der Waals surface area contributed by atoms with Gasteiger partial charge in [0.05, 0.1) is 11.9 Å². The average Bonchev–Trinajstić information content (AvgIpc) is 2.75. The number of amides is 1. The Morgan fingerprint density at radius 2 is 1.77 bits per heavy atom. The number of nitrogens with one attached hydrogen (secondary N) is 1. The normalized spacial score (nSPS) is 14.3. The molecule has 6 nitrogen and oxygen atoms in total. The molecule has 2 aromatic carbocycles. The first-order valence-electron chi connectivity index (χ1n) is 11.0. The van der Waals surface area contributed by atoms with E-state index in [1.54, 1.807) is 6.07 Å². The highest BCUT2D eigenvalue weighted by atomic mass is 32.2. The van der Waals surface area contributed by atoms with Crippen LogP contribution < -0.4 is 14.5 Å². The monoisotopic (exact) mass is 443 g/mol. The van der Waals surface area contributed by atoms with Gasteiger partial charge in [-0.1, -0.05) is 24.3 Å². The number of piperidine rings is 1. The molecule has 3 rings (SSSR count). The Kier molecular flexibility index (Phi) is 7.96. The zero-order valence-corrected chi connectivity index (χ0v) is 19.3. The third-order valence-electron chi connectivity index (χ3n) is 5.60. The maximum atomic E-state index is 12.3. The molecule has 0 atom stereocenters. The van der Waals surface area contributed by atoms with Gasteiger partial charge in [0.25, 0.3) is 0 Å². The topological polar surface area (TPSA) is 69.7 Å². The van der Waals surface area contributed by atoms with Crippen LogP contribution in [0.1, 0.15) is 43.2 Å². The van der Waals surface area contributed by atoms with E-state index in [1.807, 2.05) is 25.1 Å². The molecule has 168 valence electrons. The smallest absolute Gasteiger partial charge is 0.232 e. The Hall–Kier alpha value is -2.54. The number of carbonyl (C=O) groups is 1. The van der Waals surface area contributed by atoms with Gasteiger partial charge in [-0.25, -0.2) is 8.42 Å². The number of anilines is 2. The van der Waals surface area contributed by atoms with Crippen molar-refractivity contribution in [2.24, 2.45) is 0 Å². The van der Waals surface area contributed by atoms with Crippen molar-refractivity contribution < 1.29 is 13.2 Å². The Morgan fingerprint density at radius 1 is 1.06 bits per heavy atom. The molecule has 7 heteroatoms. The second-order valence-electron chi connectivity index (χ2n) is 8.27. The summed E-state index contributed by atoms with van der Waals surface area (Å²) in [5, 5.41) is 2.94. The standard InChI is InChI=1S/C24H33N3O3S/c1-20-8-6-9-23(18-20)27(31(2,29)30)17-7-10-24(28)25-19-21-11-13-22(14-12-21)26-15-4-3-5-16-26/h6,8-9,11-14,18H,3-5,7,10,15-17,19H2,1-2H3,(H,25,28).